The summed E-state index contributed by atoms with van der Waals surface area (Å²) in [5, 5.41) is 49.0. The molecule has 0 bridgehead atoms. The van der Waals surface area contributed by atoms with Crippen LogP contribution < -0.4 is 11.1 Å². The predicted octanol–water partition coefficient (Wildman–Crippen LogP) is 0.888. The van der Waals surface area contributed by atoms with Gasteiger partial charge in [0.05, 0.1) is 11.6 Å². The Morgan fingerprint density at radius 2 is 1.80 bits per heavy atom. The molecule has 0 aliphatic heterocycles. The molecule has 5 rings (SSSR count). The summed E-state index contributed by atoms with van der Waals surface area (Å²) in [5.74, 6) is -6.86. The first-order valence-corrected chi connectivity index (χ1v) is 13.1. The standard InChI is InChI=1S/C29H32N4O8/c1-31-28(40)33(4)11-12-5-6-13-8-14-9-15-10-17-21(32(2)3)24(36)20(27(30)39)26(38)29(17,41)25(37)19(15)23(35)18(14)22(34)16(13)7-12/h5-8,15,17,21,34-35,38,41H,9-11H2,1-4H3,(H2,30,39)(H,31,40)/t15-,17-,21-,29-/m0/s1. The first kappa shape index (κ1) is 28.1. The first-order valence-electron chi connectivity index (χ1n) is 13.1. The van der Waals surface area contributed by atoms with Gasteiger partial charge in [-0.1, -0.05) is 18.2 Å². The molecule has 3 aliphatic carbocycles. The maximum absolute atomic E-state index is 14.0. The summed E-state index contributed by atoms with van der Waals surface area (Å²) in [5.41, 5.74) is 2.91. The van der Waals surface area contributed by atoms with Gasteiger partial charge in [-0.15, -0.1) is 0 Å². The summed E-state index contributed by atoms with van der Waals surface area (Å²) in [4.78, 5) is 54.1. The molecular weight excluding hydrogens is 532 g/mol. The Bertz CT molecular complexity index is 1610. The number of carbonyl (C=O) groups excluding carboxylic acids is 4. The van der Waals surface area contributed by atoms with Crippen LogP contribution in [0.15, 0.2) is 41.2 Å². The van der Waals surface area contributed by atoms with E-state index in [-0.39, 0.29) is 42.3 Å². The molecular formula is C29H32N4O8. The molecule has 216 valence electrons. The summed E-state index contributed by atoms with van der Waals surface area (Å²) >= 11 is 0. The monoisotopic (exact) mass is 564 g/mol. The number of rotatable bonds is 4. The highest BCUT2D eigenvalue weighted by molar-refractivity contribution is 6.24. The molecule has 3 aliphatic rings. The number of ketones is 2. The Labute approximate surface area is 235 Å². The zero-order valence-corrected chi connectivity index (χ0v) is 23.1. The Balaban J connectivity index is 1.66. The maximum atomic E-state index is 14.0. The van der Waals surface area contributed by atoms with E-state index in [9.17, 15) is 39.6 Å². The minimum absolute atomic E-state index is 0.0191. The lowest BCUT2D eigenvalue weighted by Gasteiger charge is -2.50. The van der Waals surface area contributed by atoms with Crippen molar-refractivity contribution in [2.24, 2.45) is 17.6 Å². The quantitative estimate of drug-likeness (QED) is 0.292. The number of aromatic hydroxyl groups is 1. The van der Waals surface area contributed by atoms with Gasteiger partial charge in [0.1, 0.15) is 22.8 Å². The van der Waals surface area contributed by atoms with Crippen molar-refractivity contribution in [3.63, 3.8) is 0 Å². The van der Waals surface area contributed by atoms with Gasteiger partial charge in [0.25, 0.3) is 5.91 Å². The number of Topliss-reactive ketones (excluding diaryl/α,β-unsaturated/α-hetero) is 2. The van der Waals surface area contributed by atoms with Crippen LogP contribution in [0.2, 0.25) is 0 Å². The van der Waals surface area contributed by atoms with Crippen molar-refractivity contribution >= 4 is 40.0 Å². The second kappa shape index (κ2) is 9.60. The van der Waals surface area contributed by atoms with E-state index in [4.69, 9.17) is 5.73 Å². The van der Waals surface area contributed by atoms with Crippen molar-refractivity contribution in [1.82, 2.24) is 15.1 Å². The number of aliphatic hydroxyl groups is 3. The van der Waals surface area contributed by atoms with Gasteiger partial charge >= 0.3 is 6.03 Å². The topological polar surface area (TPSA) is 194 Å². The van der Waals surface area contributed by atoms with Gasteiger partial charge in [-0.2, -0.15) is 0 Å². The van der Waals surface area contributed by atoms with E-state index in [1.807, 2.05) is 6.07 Å². The number of nitrogens with one attached hydrogen (secondary N) is 1. The molecule has 0 saturated heterocycles. The van der Waals surface area contributed by atoms with Crippen LogP contribution in [0.4, 0.5) is 4.79 Å². The number of phenolic OH excluding ortho intramolecular Hbond substituents is 1. The first-order chi connectivity index (χ1) is 19.2. The largest absolute Gasteiger partial charge is 0.508 e. The molecule has 41 heavy (non-hydrogen) atoms. The highest BCUT2D eigenvalue weighted by Gasteiger charge is 2.64. The molecule has 12 heteroatoms. The lowest BCUT2D eigenvalue weighted by atomic mass is 9.57. The van der Waals surface area contributed by atoms with Gasteiger partial charge in [-0.05, 0) is 55.4 Å². The molecule has 0 radical (unpaired) electrons. The molecule has 1 saturated carbocycles. The van der Waals surface area contributed by atoms with E-state index in [2.05, 4.69) is 5.32 Å². The van der Waals surface area contributed by atoms with Gasteiger partial charge in [-0.25, -0.2) is 4.79 Å². The predicted molar refractivity (Wildman–Crippen MR) is 148 cm³/mol. The minimum atomic E-state index is -2.69. The number of nitrogens with zero attached hydrogens (tertiary/aromatic N) is 2. The van der Waals surface area contributed by atoms with Crippen LogP contribution in [-0.2, 0) is 27.3 Å². The SMILES string of the molecule is CNC(=O)N(C)Cc1ccc2cc3c(c(O)c2c1)C(O)=C1C(=O)[C@]2(O)C(O)=C(C(N)=O)C(=O)[C@@H](N(C)C)[C@@H]2C[C@@H]1C3. The van der Waals surface area contributed by atoms with Crippen molar-refractivity contribution in [2.75, 3.05) is 28.2 Å². The number of likely N-dealkylation sites (N-methyl/N-ethyl adjacent to an activating group) is 1. The molecule has 0 unspecified atom stereocenters. The molecule has 4 atom stereocenters. The van der Waals surface area contributed by atoms with Crippen molar-refractivity contribution in [3.8, 4) is 5.75 Å². The van der Waals surface area contributed by atoms with Gasteiger partial charge in [0.2, 0.25) is 5.78 Å². The molecule has 12 nitrogen and oxygen atoms in total. The molecule has 3 amide bonds. The fourth-order valence-corrected chi connectivity index (χ4v) is 6.69. The second-order valence-corrected chi connectivity index (χ2v) is 11.2. The highest BCUT2D eigenvalue weighted by atomic mass is 16.3. The number of amides is 3. The number of hydrogen-bond donors (Lipinski definition) is 6. The molecule has 7 N–H and O–H groups in total. The van der Waals surface area contributed by atoms with E-state index < -0.39 is 58.0 Å². The summed E-state index contributed by atoms with van der Waals surface area (Å²) in [6, 6.07) is 5.67. The zero-order valence-electron chi connectivity index (χ0n) is 23.1. The Morgan fingerprint density at radius 3 is 2.41 bits per heavy atom. The average Bonchev–Trinajstić information content (AvgIpc) is 2.90. The van der Waals surface area contributed by atoms with Crippen LogP contribution in [0.5, 0.6) is 5.75 Å². The summed E-state index contributed by atoms with van der Waals surface area (Å²) in [6.45, 7) is 0.244. The number of urea groups is 1. The molecule has 0 heterocycles. The number of hydrogen-bond acceptors (Lipinski definition) is 9. The van der Waals surface area contributed by atoms with Crippen molar-refractivity contribution < 1.29 is 39.6 Å². The summed E-state index contributed by atoms with van der Waals surface area (Å²) in [7, 11) is 6.24. The lowest BCUT2D eigenvalue weighted by Crippen LogP contribution is -2.65. The number of phenols is 1. The van der Waals surface area contributed by atoms with Gasteiger partial charge in [-0.3, -0.25) is 19.3 Å². The third-order valence-corrected chi connectivity index (χ3v) is 8.57. The molecule has 2 aromatic rings. The van der Waals surface area contributed by atoms with Crippen LogP contribution in [0.25, 0.3) is 16.5 Å². The molecule has 0 aromatic heterocycles. The Hall–Kier alpha value is -4.42. The van der Waals surface area contributed by atoms with Crippen molar-refractivity contribution in [1.29, 1.82) is 0 Å². The number of primary amides is 1. The number of nitrogens with two attached hydrogens (primary N) is 1. The van der Waals surface area contributed by atoms with E-state index in [0.717, 1.165) is 0 Å². The number of carbonyl (C=O) groups is 4. The van der Waals surface area contributed by atoms with Crippen LogP contribution in [-0.4, -0.2) is 93.6 Å². The van der Waals surface area contributed by atoms with Crippen LogP contribution >= 0.6 is 0 Å². The van der Waals surface area contributed by atoms with E-state index in [1.54, 1.807) is 39.3 Å². The van der Waals surface area contributed by atoms with Crippen LogP contribution in [0, 0.1) is 11.8 Å². The minimum Gasteiger partial charge on any atom is -0.508 e. The smallest absolute Gasteiger partial charge is 0.317 e. The number of benzene rings is 2. The van der Waals surface area contributed by atoms with Gasteiger partial charge in [0, 0.05) is 37.5 Å². The zero-order chi connectivity index (χ0) is 30.1. The average molecular weight is 565 g/mol. The highest BCUT2D eigenvalue weighted by Crippen LogP contribution is 2.53. The van der Waals surface area contributed by atoms with E-state index in [1.165, 1.54) is 16.8 Å². The van der Waals surface area contributed by atoms with Gasteiger partial charge in [0.15, 0.2) is 11.4 Å². The maximum Gasteiger partial charge on any atom is 0.317 e. The van der Waals surface area contributed by atoms with Gasteiger partial charge < -0.3 is 36.4 Å². The fraction of sp³-hybridized carbons (Fsp3) is 0.379. The number of aliphatic hydroxyl groups excluding tert-OH is 2. The van der Waals surface area contributed by atoms with Crippen molar-refractivity contribution in [3.05, 3.63) is 57.9 Å². The summed E-state index contributed by atoms with van der Waals surface area (Å²) < 4.78 is 0. The normalized spacial score (nSPS) is 25.7. The lowest BCUT2D eigenvalue weighted by molar-refractivity contribution is -0.153. The van der Waals surface area contributed by atoms with E-state index >= 15 is 0 Å². The molecule has 2 aromatic carbocycles. The fourth-order valence-electron chi connectivity index (χ4n) is 6.69. The third-order valence-electron chi connectivity index (χ3n) is 8.57. The molecule has 1 fully saturated rings. The second-order valence-electron chi connectivity index (χ2n) is 11.2. The van der Waals surface area contributed by atoms with Crippen LogP contribution in [0.1, 0.15) is 23.1 Å². The van der Waals surface area contributed by atoms with E-state index in [0.29, 0.717) is 21.9 Å². The summed E-state index contributed by atoms with van der Waals surface area (Å²) in [6.07, 6.45) is 0.231. The van der Waals surface area contributed by atoms with Crippen LogP contribution in [0.3, 0.4) is 0 Å². The Kier molecular flexibility index (Phi) is 6.58. The molecule has 0 spiro atoms. The third kappa shape index (κ3) is 3.97. The Morgan fingerprint density at radius 1 is 1.12 bits per heavy atom. The number of fused-ring (bicyclic) bond motifs is 4. The van der Waals surface area contributed by atoms with Crippen molar-refractivity contribution in [2.45, 2.75) is 31.0 Å².